The summed E-state index contributed by atoms with van der Waals surface area (Å²) in [6.07, 6.45) is 9.92. The van der Waals surface area contributed by atoms with Gasteiger partial charge in [0.05, 0.1) is 6.61 Å². The van der Waals surface area contributed by atoms with Gasteiger partial charge in [-0.2, -0.15) is 0 Å². The van der Waals surface area contributed by atoms with Crippen LogP contribution in [0, 0.1) is 5.92 Å². The molecule has 0 unspecified atom stereocenters. The Morgan fingerprint density at radius 2 is 2.11 bits per heavy atom. The molecule has 0 aromatic carbocycles. The molecule has 1 fully saturated rings. The van der Waals surface area contributed by atoms with Gasteiger partial charge in [-0.1, -0.05) is 25.3 Å². The maximum absolute atomic E-state index is 5.55. The molecule has 3 nitrogen and oxygen atoms in total. The quantitative estimate of drug-likeness (QED) is 0.753. The summed E-state index contributed by atoms with van der Waals surface area (Å²) in [5, 5.41) is 3.54. The van der Waals surface area contributed by atoms with Crippen molar-refractivity contribution in [1.82, 2.24) is 10.3 Å². The Morgan fingerprint density at radius 3 is 2.89 bits per heavy atom. The Bertz CT molecular complexity index is 310. The summed E-state index contributed by atoms with van der Waals surface area (Å²) in [5.41, 5.74) is 0. The van der Waals surface area contributed by atoms with Crippen molar-refractivity contribution in [2.45, 2.75) is 38.5 Å². The maximum Gasteiger partial charge on any atom is 0.213 e. The zero-order chi connectivity index (χ0) is 12.5. The average molecular weight is 248 g/mol. The van der Waals surface area contributed by atoms with Gasteiger partial charge in [-0.25, -0.2) is 4.98 Å². The molecule has 1 N–H and O–H groups in total. The SMILES string of the molecule is c1ccc(OCCCNCC2CCCCC2)nc1. The van der Waals surface area contributed by atoms with E-state index in [0.29, 0.717) is 0 Å². The van der Waals surface area contributed by atoms with Crippen LogP contribution in [0.4, 0.5) is 0 Å². The van der Waals surface area contributed by atoms with E-state index in [4.69, 9.17) is 4.74 Å². The fraction of sp³-hybridized carbons (Fsp3) is 0.667. The predicted octanol–water partition coefficient (Wildman–Crippen LogP) is 3.02. The summed E-state index contributed by atoms with van der Waals surface area (Å²) >= 11 is 0. The molecule has 0 bridgehead atoms. The molecule has 0 spiro atoms. The minimum atomic E-state index is 0.727. The third-order valence-electron chi connectivity index (χ3n) is 3.54. The minimum absolute atomic E-state index is 0.727. The van der Waals surface area contributed by atoms with Gasteiger partial charge in [0.2, 0.25) is 5.88 Å². The molecule has 18 heavy (non-hydrogen) atoms. The van der Waals surface area contributed by atoms with E-state index >= 15 is 0 Å². The molecule has 1 aromatic heterocycles. The number of aromatic nitrogens is 1. The van der Waals surface area contributed by atoms with Gasteiger partial charge in [0, 0.05) is 12.3 Å². The average Bonchev–Trinajstić information content (AvgIpc) is 2.45. The molecule has 0 atom stereocenters. The summed E-state index contributed by atoms with van der Waals surface area (Å²) in [5.74, 6) is 1.64. The first-order valence-electron chi connectivity index (χ1n) is 7.20. The molecule has 0 amide bonds. The van der Waals surface area contributed by atoms with Crippen LogP contribution in [-0.2, 0) is 0 Å². The van der Waals surface area contributed by atoms with Crippen molar-refractivity contribution in [2.75, 3.05) is 19.7 Å². The highest BCUT2D eigenvalue weighted by molar-refractivity contribution is 5.08. The monoisotopic (exact) mass is 248 g/mol. The molecular weight excluding hydrogens is 224 g/mol. The second-order valence-electron chi connectivity index (χ2n) is 5.08. The molecule has 100 valence electrons. The Labute approximate surface area is 110 Å². The van der Waals surface area contributed by atoms with Gasteiger partial charge in [0.1, 0.15) is 0 Å². The zero-order valence-electron chi connectivity index (χ0n) is 11.1. The lowest BCUT2D eigenvalue weighted by Gasteiger charge is -2.21. The number of pyridine rings is 1. The number of nitrogens with zero attached hydrogens (tertiary/aromatic N) is 1. The van der Waals surface area contributed by atoms with Crippen molar-refractivity contribution in [3.8, 4) is 5.88 Å². The minimum Gasteiger partial charge on any atom is -0.478 e. The molecule has 1 aliphatic rings. The van der Waals surface area contributed by atoms with Gasteiger partial charge in [0.15, 0.2) is 0 Å². The highest BCUT2D eigenvalue weighted by Crippen LogP contribution is 2.22. The van der Waals surface area contributed by atoms with Crippen LogP contribution in [0.15, 0.2) is 24.4 Å². The van der Waals surface area contributed by atoms with Gasteiger partial charge in [-0.05, 0) is 44.3 Å². The molecule has 0 aliphatic heterocycles. The van der Waals surface area contributed by atoms with Crippen molar-refractivity contribution in [3.63, 3.8) is 0 Å². The van der Waals surface area contributed by atoms with Crippen LogP contribution in [0.2, 0.25) is 0 Å². The largest absolute Gasteiger partial charge is 0.478 e. The van der Waals surface area contributed by atoms with E-state index in [1.54, 1.807) is 6.20 Å². The lowest BCUT2D eigenvalue weighted by molar-refractivity contribution is 0.290. The highest BCUT2D eigenvalue weighted by atomic mass is 16.5. The first-order valence-corrected chi connectivity index (χ1v) is 7.20. The number of nitrogens with one attached hydrogen (secondary N) is 1. The molecule has 1 saturated carbocycles. The number of hydrogen-bond acceptors (Lipinski definition) is 3. The lowest BCUT2D eigenvalue weighted by atomic mass is 9.89. The van der Waals surface area contributed by atoms with Crippen LogP contribution in [-0.4, -0.2) is 24.7 Å². The van der Waals surface area contributed by atoms with Crippen molar-refractivity contribution < 1.29 is 4.74 Å². The third kappa shape index (κ3) is 5.05. The molecule has 1 aromatic rings. The van der Waals surface area contributed by atoms with Gasteiger partial charge in [-0.3, -0.25) is 0 Å². The Kier molecular flexibility index (Phi) is 6.00. The van der Waals surface area contributed by atoms with Crippen LogP contribution in [0.25, 0.3) is 0 Å². The summed E-state index contributed by atoms with van der Waals surface area (Å²) in [6, 6.07) is 5.75. The van der Waals surface area contributed by atoms with Gasteiger partial charge in [-0.15, -0.1) is 0 Å². The van der Waals surface area contributed by atoms with Crippen LogP contribution in [0.1, 0.15) is 38.5 Å². The van der Waals surface area contributed by atoms with Crippen molar-refractivity contribution in [3.05, 3.63) is 24.4 Å². The predicted molar refractivity (Wildman–Crippen MR) is 73.8 cm³/mol. The normalized spacial score (nSPS) is 16.7. The Hall–Kier alpha value is -1.09. The topological polar surface area (TPSA) is 34.1 Å². The second kappa shape index (κ2) is 8.09. The van der Waals surface area contributed by atoms with Crippen molar-refractivity contribution >= 4 is 0 Å². The number of rotatable bonds is 7. The van der Waals surface area contributed by atoms with E-state index in [1.807, 2.05) is 18.2 Å². The molecule has 0 radical (unpaired) electrons. The van der Waals surface area contributed by atoms with Crippen molar-refractivity contribution in [1.29, 1.82) is 0 Å². The van der Waals surface area contributed by atoms with E-state index in [2.05, 4.69) is 10.3 Å². The van der Waals surface area contributed by atoms with Crippen molar-refractivity contribution in [2.24, 2.45) is 5.92 Å². The van der Waals surface area contributed by atoms with Crippen LogP contribution < -0.4 is 10.1 Å². The van der Waals surface area contributed by atoms with Gasteiger partial charge < -0.3 is 10.1 Å². The van der Waals surface area contributed by atoms with Gasteiger partial charge in [0.25, 0.3) is 0 Å². The fourth-order valence-electron chi connectivity index (χ4n) is 2.50. The van der Waals surface area contributed by atoms with Crippen LogP contribution in [0.3, 0.4) is 0 Å². The first-order chi connectivity index (χ1) is 8.95. The first kappa shape index (κ1) is 13.3. The molecule has 2 rings (SSSR count). The number of ether oxygens (including phenoxy) is 1. The Balaban J connectivity index is 1.46. The van der Waals surface area contributed by atoms with Crippen LogP contribution >= 0.6 is 0 Å². The van der Waals surface area contributed by atoms with E-state index in [9.17, 15) is 0 Å². The fourth-order valence-corrected chi connectivity index (χ4v) is 2.50. The summed E-state index contributed by atoms with van der Waals surface area (Å²) in [4.78, 5) is 4.13. The highest BCUT2D eigenvalue weighted by Gasteiger charge is 2.12. The van der Waals surface area contributed by atoms with Crippen LogP contribution in [0.5, 0.6) is 5.88 Å². The zero-order valence-corrected chi connectivity index (χ0v) is 11.1. The van der Waals surface area contributed by atoms with E-state index < -0.39 is 0 Å². The van der Waals surface area contributed by atoms with E-state index in [0.717, 1.165) is 31.4 Å². The maximum atomic E-state index is 5.55. The molecular formula is C15H24N2O. The molecule has 1 aliphatic carbocycles. The summed E-state index contributed by atoms with van der Waals surface area (Å²) in [7, 11) is 0. The lowest BCUT2D eigenvalue weighted by Crippen LogP contribution is -2.26. The molecule has 0 saturated heterocycles. The molecule has 3 heteroatoms. The van der Waals surface area contributed by atoms with Gasteiger partial charge >= 0.3 is 0 Å². The smallest absolute Gasteiger partial charge is 0.213 e. The van der Waals surface area contributed by atoms with E-state index in [-0.39, 0.29) is 0 Å². The Morgan fingerprint density at radius 1 is 1.22 bits per heavy atom. The number of hydrogen-bond donors (Lipinski definition) is 1. The third-order valence-corrected chi connectivity index (χ3v) is 3.54. The standard InChI is InChI=1S/C15H24N2O/c1-2-7-14(8-3-1)13-16-10-6-12-18-15-9-4-5-11-17-15/h4-5,9,11,14,16H,1-3,6-8,10,12-13H2. The summed E-state index contributed by atoms with van der Waals surface area (Å²) in [6.45, 7) is 2.97. The molecule has 1 heterocycles. The van der Waals surface area contributed by atoms with E-state index in [1.165, 1.54) is 38.6 Å². The summed E-state index contributed by atoms with van der Waals surface area (Å²) < 4.78 is 5.55. The second-order valence-corrected chi connectivity index (χ2v) is 5.08.